The lowest BCUT2D eigenvalue weighted by molar-refractivity contribution is -0.101. The lowest BCUT2D eigenvalue weighted by atomic mass is 9.83. The number of likely N-dealkylation sites (N-methyl/N-ethyl adjacent to an activating group) is 1. The summed E-state index contributed by atoms with van der Waals surface area (Å²) in [5.74, 6) is 1.96. The molecular weight excluding hydrogens is 510 g/mol. The van der Waals surface area contributed by atoms with E-state index < -0.39 is 0 Å². The summed E-state index contributed by atoms with van der Waals surface area (Å²) in [6.45, 7) is 9.16. The van der Waals surface area contributed by atoms with Gasteiger partial charge in [-0.15, -0.1) is 0 Å². The van der Waals surface area contributed by atoms with Gasteiger partial charge < -0.3 is 24.2 Å². The van der Waals surface area contributed by atoms with E-state index in [9.17, 15) is 0 Å². The van der Waals surface area contributed by atoms with Gasteiger partial charge in [0.15, 0.2) is 0 Å². The smallest absolute Gasteiger partial charge is 0.318 e. The van der Waals surface area contributed by atoms with Gasteiger partial charge in [0.1, 0.15) is 18.0 Å². The van der Waals surface area contributed by atoms with Gasteiger partial charge in [-0.3, -0.25) is 0 Å². The maximum atomic E-state index is 6.70. The fraction of sp³-hybridized carbons (Fsp3) is 0.484. The molecule has 8 heteroatoms. The molecule has 0 bridgehead atoms. The van der Waals surface area contributed by atoms with Crippen molar-refractivity contribution in [2.45, 2.75) is 56.7 Å². The quantitative estimate of drug-likeness (QED) is 0.414. The summed E-state index contributed by atoms with van der Waals surface area (Å²) >= 11 is 6.70. The van der Waals surface area contributed by atoms with Crippen LogP contribution in [-0.4, -0.2) is 66.3 Å². The molecule has 3 fully saturated rings. The van der Waals surface area contributed by atoms with Crippen LogP contribution in [0.1, 0.15) is 43.4 Å². The van der Waals surface area contributed by atoms with Crippen LogP contribution < -0.4 is 14.5 Å². The van der Waals surface area contributed by atoms with E-state index in [0.717, 1.165) is 97.0 Å². The van der Waals surface area contributed by atoms with E-state index in [1.54, 1.807) is 0 Å². The molecule has 4 aliphatic heterocycles. The number of hydrogen-bond acceptors (Lipinski definition) is 7. The maximum Gasteiger partial charge on any atom is 0.318 e. The van der Waals surface area contributed by atoms with Gasteiger partial charge in [0.05, 0.1) is 23.0 Å². The van der Waals surface area contributed by atoms with Crippen LogP contribution in [0.25, 0.3) is 10.8 Å². The van der Waals surface area contributed by atoms with E-state index >= 15 is 0 Å². The Morgan fingerprint density at radius 3 is 2.62 bits per heavy atom. The summed E-state index contributed by atoms with van der Waals surface area (Å²) in [4.78, 5) is 17.3. The van der Waals surface area contributed by atoms with Crippen molar-refractivity contribution in [1.82, 2.24) is 14.9 Å². The van der Waals surface area contributed by atoms with Crippen molar-refractivity contribution in [3.63, 3.8) is 0 Å². The van der Waals surface area contributed by atoms with Crippen LogP contribution in [0.4, 0.5) is 11.5 Å². The first kappa shape index (κ1) is 25.0. The second-order valence-electron chi connectivity index (χ2n) is 11.6. The second kappa shape index (κ2) is 9.86. The normalized spacial score (nSPS) is 22.6. The fourth-order valence-corrected chi connectivity index (χ4v) is 7.16. The Kier molecular flexibility index (Phi) is 6.31. The molecule has 0 N–H and O–H groups in total. The average Bonchev–Trinajstić information content (AvgIpc) is 3.35. The van der Waals surface area contributed by atoms with Crippen LogP contribution in [0.3, 0.4) is 0 Å². The summed E-state index contributed by atoms with van der Waals surface area (Å²) < 4.78 is 12.3. The molecule has 1 atom stereocenters. The molecule has 3 saturated heterocycles. The highest BCUT2D eigenvalue weighted by Crippen LogP contribution is 2.44. The number of rotatable bonds is 5. The second-order valence-corrected chi connectivity index (χ2v) is 12.0. The first-order valence-electron chi connectivity index (χ1n) is 14.2. The minimum absolute atomic E-state index is 0.0164. The molecule has 0 amide bonds. The topological polar surface area (TPSA) is 54.0 Å². The number of benzene rings is 2. The average molecular weight is 546 g/mol. The Morgan fingerprint density at radius 2 is 1.87 bits per heavy atom. The van der Waals surface area contributed by atoms with Crippen molar-refractivity contribution in [2.24, 2.45) is 0 Å². The molecular formula is C31H36ClN5O2. The number of nitrogens with zero attached hydrogens (tertiary/aromatic N) is 5. The molecule has 0 aliphatic carbocycles. The van der Waals surface area contributed by atoms with Crippen LogP contribution in [0.2, 0.25) is 5.02 Å². The third-order valence-corrected chi connectivity index (χ3v) is 9.44. The standard InChI is InChI=1S/C31H36ClN5O2/c1-21-18-31(39-21)12-16-36(17-13-31)29-24-11-15-37(27-10-4-7-22-6-3-9-25(32)28(22)27)19-26(24)33-30(34-29)38-20-23-8-5-14-35(23)2/h3-4,6-7,9-10,23H,1,5,8,11-20H2,2H3. The highest BCUT2D eigenvalue weighted by molar-refractivity contribution is 6.36. The van der Waals surface area contributed by atoms with E-state index in [1.807, 2.05) is 12.1 Å². The van der Waals surface area contributed by atoms with E-state index in [2.05, 4.69) is 52.6 Å². The molecule has 7 rings (SSSR count). The number of anilines is 2. The van der Waals surface area contributed by atoms with E-state index in [-0.39, 0.29) is 5.60 Å². The van der Waals surface area contributed by atoms with Gasteiger partial charge in [-0.1, -0.05) is 42.4 Å². The summed E-state index contributed by atoms with van der Waals surface area (Å²) in [5.41, 5.74) is 3.44. The Balaban J connectivity index is 1.20. The van der Waals surface area contributed by atoms with Gasteiger partial charge in [-0.2, -0.15) is 9.97 Å². The number of fused-ring (bicyclic) bond motifs is 2. The van der Waals surface area contributed by atoms with Crippen LogP contribution in [-0.2, 0) is 17.7 Å². The Morgan fingerprint density at radius 1 is 1.08 bits per heavy atom. The maximum absolute atomic E-state index is 6.70. The van der Waals surface area contributed by atoms with Gasteiger partial charge in [0.2, 0.25) is 0 Å². The molecule has 7 nitrogen and oxygen atoms in total. The molecule has 1 spiro atoms. The van der Waals surface area contributed by atoms with Gasteiger partial charge in [-0.05, 0) is 50.4 Å². The van der Waals surface area contributed by atoms with Crippen LogP contribution >= 0.6 is 11.6 Å². The van der Waals surface area contributed by atoms with Crippen molar-refractivity contribution in [1.29, 1.82) is 0 Å². The summed E-state index contributed by atoms with van der Waals surface area (Å²) in [6.07, 6.45) is 6.22. The number of halogens is 1. The summed E-state index contributed by atoms with van der Waals surface area (Å²) in [7, 11) is 2.17. The third kappa shape index (κ3) is 4.59. The SMILES string of the molecule is C=C1CC2(CCN(c3nc(OCC4CCCN4C)nc4c3CCN(c3cccc5cccc(Cl)c35)C4)CC2)O1. The van der Waals surface area contributed by atoms with E-state index in [1.165, 1.54) is 12.0 Å². The largest absolute Gasteiger partial charge is 0.491 e. The number of piperidine rings is 1. The molecule has 204 valence electrons. The monoisotopic (exact) mass is 545 g/mol. The van der Waals surface area contributed by atoms with Crippen LogP contribution in [0, 0.1) is 0 Å². The molecule has 0 saturated carbocycles. The predicted molar refractivity (Wildman–Crippen MR) is 156 cm³/mol. The lowest BCUT2D eigenvalue weighted by Crippen LogP contribution is -2.51. The molecule has 3 aromatic rings. The first-order chi connectivity index (χ1) is 19.0. The number of likely N-dealkylation sites (tertiary alicyclic amines) is 1. The van der Waals surface area contributed by atoms with Crippen LogP contribution in [0.15, 0.2) is 48.7 Å². The van der Waals surface area contributed by atoms with Crippen molar-refractivity contribution >= 4 is 33.9 Å². The van der Waals surface area contributed by atoms with Crippen molar-refractivity contribution in [3.8, 4) is 6.01 Å². The summed E-state index contributed by atoms with van der Waals surface area (Å²) in [6, 6.07) is 13.4. The molecule has 5 heterocycles. The molecule has 39 heavy (non-hydrogen) atoms. The molecule has 2 aromatic carbocycles. The van der Waals surface area contributed by atoms with Gasteiger partial charge in [0, 0.05) is 61.6 Å². The minimum Gasteiger partial charge on any atom is -0.491 e. The highest BCUT2D eigenvalue weighted by atomic mass is 35.5. The number of ether oxygens (including phenoxy) is 2. The van der Waals surface area contributed by atoms with Gasteiger partial charge >= 0.3 is 6.01 Å². The Bertz CT molecular complexity index is 1400. The number of aromatic nitrogens is 2. The zero-order valence-electron chi connectivity index (χ0n) is 22.7. The first-order valence-corrected chi connectivity index (χ1v) is 14.6. The molecule has 0 radical (unpaired) electrons. The fourth-order valence-electron chi connectivity index (χ4n) is 6.88. The lowest BCUT2D eigenvalue weighted by Gasteiger charge is -2.49. The van der Waals surface area contributed by atoms with Crippen LogP contribution in [0.5, 0.6) is 6.01 Å². The third-order valence-electron chi connectivity index (χ3n) is 9.13. The van der Waals surface area contributed by atoms with Crippen molar-refractivity contribution in [2.75, 3.05) is 49.6 Å². The minimum atomic E-state index is -0.0164. The number of hydrogen-bond donors (Lipinski definition) is 0. The molecule has 1 aromatic heterocycles. The van der Waals surface area contributed by atoms with Gasteiger partial charge in [-0.25, -0.2) is 0 Å². The van der Waals surface area contributed by atoms with Crippen molar-refractivity contribution in [3.05, 3.63) is 65.0 Å². The highest BCUT2D eigenvalue weighted by Gasteiger charge is 2.45. The predicted octanol–water partition coefficient (Wildman–Crippen LogP) is 5.59. The molecule has 4 aliphatic rings. The van der Waals surface area contributed by atoms with Gasteiger partial charge in [0.25, 0.3) is 0 Å². The molecule has 1 unspecified atom stereocenters. The zero-order chi connectivity index (χ0) is 26.6. The zero-order valence-corrected chi connectivity index (χ0v) is 23.4. The Hall–Kier alpha value is -3.03. The van der Waals surface area contributed by atoms with E-state index in [0.29, 0.717) is 25.2 Å². The Labute approximate surface area is 235 Å². The summed E-state index contributed by atoms with van der Waals surface area (Å²) in [5, 5.41) is 3.04. The van der Waals surface area contributed by atoms with E-state index in [4.69, 9.17) is 31.0 Å². The van der Waals surface area contributed by atoms with Crippen molar-refractivity contribution < 1.29 is 9.47 Å².